The molecule has 0 spiro atoms. The van der Waals surface area contributed by atoms with Gasteiger partial charge in [0.2, 0.25) is 15.9 Å². The van der Waals surface area contributed by atoms with E-state index in [2.05, 4.69) is 0 Å². The average molecular weight is 394 g/mol. The quantitative estimate of drug-likeness (QED) is 0.724. The molecule has 1 amide bonds. The number of aryl methyl sites for hydroxylation is 1. The number of amides is 1. The molecule has 0 bridgehead atoms. The average Bonchev–Trinajstić information content (AvgIpc) is 2.63. The van der Waals surface area contributed by atoms with E-state index in [-0.39, 0.29) is 11.4 Å². The zero-order chi connectivity index (χ0) is 20.2. The van der Waals surface area contributed by atoms with Crippen molar-refractivity contribution < 1.29 is 22.3 Å². The van der Waals surface area contributed by atoms with Gasteiger partial charge < -0.3 is 9.64 Å². The Labute approximate surface area is 159 Å². The third kappa shape index (κ3) is 4.84. The number of rotatable bonds is 7. The second-order valence-electron chi connectivity index (χ2n) is 6.05. The molecular weight excluding hydrogens is 371 g/mol. The largest absolute Gasteiger partial charge is 0.494 e. The summed E-state index contributed by atoms with van der Waals surface area (Å²) in [5.41, 5.74) is 1.17. The summed E-state index contributed by atoms with van der Waals surface area (Å²) in [4.78, 5) is 13.8. The smallest absolute Gasteiger partial charge is 0.243 e. The molecule has 146 valence electrons. The van der Waals surface area contributed by atoms with Gasteiger partial charge in [-0.25, -0.2) is 12.8 Å². The molecular formula is C19H23FN2O4S. The summed E-state index contributed by atoms with van der Waals surface area (Å²) in [5, 5.41) is 0. The van der Waals surface area contributed by atoms with Gasteiger partial charge in [-0.3, -0.25) is 4.79 Å². The molecule has 0 saturated carbocycles. The first-order valence-electron chi connectivity index (χ1n) is 8.38. The number of carbonyl (C=O) groups excluding carboxylic acids is 1. The van der Waals surface area contributed by atoms with Crippen LogP contribution in [-0.4, -0.2) is 45.9 Å². The number of anilines is 1. The van der Waals surface area contributed by atoms with Gasteiger partial charge in [0.05, 0.1) is 18.0 Å². The van der Waals surface area contributed by atoms with Crippen LogP contribution in [0.2, 0.25) is 0 Å². The van der Waals surface area contributed by atoms with Crippen LogP contribution in [0, 0.1) is 12.7 Å². The van der Waals surface area contributed by atoms with Gasteiger partial charge in [0.15, 0.2) is 0 Å². The second-order valence-corrected chi connectivity index (χ2v) is 8.10. The van der Waals surface area contributed by atoms with E-state index in [1.807, 2.05) is 6.92 Å². The van der Waals surface area contributed by atoms with Gasteiger partial charge in [0.25, 0.3) is 0 Å². The fraction of sp³-hybridized carbons (Fsp3) is 0.316. The Hall–Kier alpha value is -2.45. The summed E-state index contributed by atoms with van der Waals surface area (Å²) in [5.74, 6) is -0.230. The molecule has 0 radical (unpaired) electrons. The third-order valence-electron chi connectivity index (χ3n) is 4.10. The number of ether oxygens (including phenoxy) is 1. The maximum atomic E-state index is 13.0. The fourth-order valence-corrected chi connectivity index (χ4v) is 3.68. The molecule has 0 fully saturated rings. The van der Waals surface area contributed by atoms with Gasteiger partial charge in [-0.15, -0.1) is 0 Å². The van der Waals surface area contributed by atoms with Gasteiger partial charge in [-0.1, -0.05) is 0 Å². The highest BCUT2D eigenvalue weighted by Gasteiger charge is 2.25. The number of carbonyl (C=O) groups is 1. The molecule has 6 nitrogen and oxygen atoms in total. The van der Waals surface area contributed by atoms with E-state index >= 15 is 0 Å². The first kappa shape index (κ1) is 20.9. The van der Waals surface area contributed by atoms with Crippen molar-refractivity contribution in [2.45, 2.75) is 18.7 Å². The summed E-state index contributed by atoms with van der Waals surface area (Å²) < 4.78 is 44.9. The highest BCUT2D eigenvalue weighted by Crippen LogP contribution is 2.24. The lowest BCUT2D eigenvalue weighted by atomic mass is 10.2. The van der Waals surface area contributed by atoms with Gasteiger partial charge >= 0.3 is 0 Å². The molecule has 0 aromatic heterocycles. The number of sulfonamides is 1. The second kappa shape index (κ2) is 8.49. The zero-order valence-corrected chi connectivity index (χ0v) is 16.6. The third-order valence-corrected chi connectivity index (χ3v) is 5.90. The molecule has 0 aliphatic heterocycles. The number of nitrogens with zero attached hydrogens (tertiary/aromatic N) is 2. The highest BCUT2D eigenvalue weighted by atomic mass is 32.2. The Kier molecular flexibility index (Phi) is 6.56. The van der Waals surface area contributed by atoms with Crippen molar-refractivity contribution in [1.82, 2.24) is 4.31 Å². The summed E-state index contributed by atoms with van der Waals surface area (Å²) in [7, 11) is -0.985. The van der Waals surface area contributed by atoms with Gasteiger partial charge in [-0.05, 0) is 61.9 Å². The van der Waals surface area contributed by atoms with Crippen molar-refractivity contribution in [3.8, 4) is 5.75 Å². The molecule has 2 aromatic carbocycles. The summed E-state index contributed by atoms with van der Waals surface area (Å²) >= 11 is 0. The van der Waals surface area contributed by atoms with Crippen molar-refractivity contribution in [2.75, 3.05) is 32.1 Å². The maximum Gasteiger partial charge on any atom is 0.243 e. The van der Waals surface area contributed by atoms with Crippen LogP contribution in [0.5, 0.6) is 5.75 Å². The van der Waals surface area contributed by atoms with E-state index in [0.717, 1.165) is 4.31 Å². The van der Waals surface area contributed by atoms with E-state index in [1.165, 1.54) is 55.4 Å². The van der Waals surface area contributed by atoms with Crippen LogP contribution in [0.1, 0.15) is 12.5 Å². The van der Waals surface area contributed by atoms with E-state index in [1.54, 1.807) is 13.0 Å². The molecule has 27 heavy (non-hydrogen) atoms. The van der Waals surface area contributed by atoms with Gasteiger partial charge in [0.1, 0.15) is 11.6 Å². The first-order valence-corrected chi connectivity index (χ1v) is 9.82. The van der Waals surface area contributed by atoms with E-state index in [9.17, 15) is 17.6 Å². The number of hydrogen-bond acceptors (Lipinski definition) is 4. The molecule has 8 heteroatoms. The molecule has 0 atom stereocenters. The lowest BCUT2D eigenvalue weighted by molar-refractivity contribution is -0.118. The molecule has 0 N–H and O–H groups in total. The lowest BCUT2D eigenvalue weighted by Crippen LogP contribution is -2.39. The Balaban J connectivity index is 2.15. The van der Waals surface area contributed by atoms with Crippen LogP contribution in [0.15, 0.2) is 47.4 Å². The summed E-state index contributed by atoms with van der Waals surface area (Å²) in [6.45, 7) is 3.75. The van der Waals surface area contributed by atoms with E-state index in [0.29, 0.717) is 23.6 Å². The molecule has 0 heterocycles. The summed E-state index contributed by atoms with van der Waals surface area (Å²) in [6, 6.07) is 9.97. The van der Waals surface area contributed by atoms with Crippen LogP contribution in [-0.2, 0) is 14.8 Å². The Morgan fingerprint density at radius 3 is 2.30 bits per heavy atom. The topological polar surface area (TPSA) is 66.9 Å². The summed E-state index contributed by atoms with van der Waals surface area (Å²) in [6.07, 6.45) is 0. The van der Waals surface area contributed by atoms with Crippen molar-refractivity contribution >= 4 is 21.6 Å². The molecule has 0 unspecified atom stereocenters. The van der Waals surface area contributed by atoms with Crippen molar-refractivity contribution in [1.29, 1.82) is 0 Å². The minimum absolute atomic E-state index is 0.0863. The number of benzene rings is 2. The minimum Gasteiger partial charge on any atom is -0.494 e. The Bertz CT molecular complexity index is 914. The van der Waals surface area contributed by atoms with E-state index in [4.69, 9.17) is 4.74 Å². The van der Waals surface area contributed by atoms with E-state index < -0.39 is 21.7 Å². The number of hydrogen-bond donors (Lipinski definition) is 0. The number of likely N-dealkylation sites (N-methyl/N-ethyl adjacent to an activating group) is 2. The SMILES string of the molecule is CCOc1ccc(S(=O)(=O)N(C)CC(=O)N(C)c2ccc(F)cc2)cc1C. The number of halogens is 1. The van der Waals surface area contributed by atoms with Crippen molar-refractivity contribution in [3.05, 3.63) is 53.8 Å². The monoisotopic (exact) mass is 394 g/mol. The fourth-order valence-electron chi connectivity index (χ4n) is 2.47. The van der Waals surface area contributed by atoms with Crippen molar-refractivity contribution in [2.24, 2.45) is 0 Å². The molecule has 0 aliphatic rings. The van der Waals surface area contributed by atoms with Gasteiger partial charge in [0, 0.05) is 19.8 Å². The van der Waals surface area contributed by atoms with Crippen LogP contribution in [0.4, 0.5) is 10.1 Å². The predicted octanol–water partition coefficient (Wildman–Crippen LogP) is 2.82. The van der Waals surface area contributed by atoms with Crippen LogP contribution in [0.25, 0.3) is 0 Å². The van der Waals surface area contributed by atoms with Crippen LogP contribution < -0.4 is 9.64 Å². The lowest BCUT2D eigenvalue weighted by Gasteiger charge is -2.22. The Morgan fingerprint density at radius 2 is 1.74 bits per heavy atom. The predicted molar refractivity (Wildman–Crippen MR) is 102 cm³/mol. The standard InChI is InChI=1S/C19H23FN2O4S/c1-5-26-18-11-10-17(12-14(18)2)27(24,25)21(3)13-19(23)22(4)16-8-6-15(20)7-9-16/h6-12H,5,13H2,1-4H3. The minimum atomic E-state index is -3.84. The normalized spacial score (nSPS) is 11.5. The Morgan fingerprint density at radius 1 is 1.11 bits per heavy atom. The molecule has 0 aliphatic carbocycles. The first-order chi connectivity index (χ1) is 12.7. The van der Waals surface area contributed by atoms with Crippen LogP contribution >= 0.6 is 0 Å². The zero-order valence-electron chi connectivity index (χ0n) is 15.8. The molecule has 2 aromatic rings. The molecule has 2 rings (SSSR count). The highest BCUT2D eigenvalue weighted by molar-refractivity contribution is 7.89. The molecule has 0 saturated heterocycles. The van der Waals surface area contributed by atoms with Crippen molar-refractivity contribution in [3.63, 3.8) is 0 Å². The van der Waals surface area contributed by atoms with Crippen LogP contribution in [0.3, 0.4) is 0 Å². The maximum absolute atomic E-state index is 13.0. The van der Waals surface area contributed by atoms with Gasteiger partial charge in [-0.2, -0.15) is 4.31 Å².